The Labute approximate surface area is 170 Å². The van der Waals surface area contributed by atoms with Crippen LogP contribution in [0.2, 0.25) is 0 Å². The average molecular weight is 395 g/mol. The first-order chi connectivity index (χ1) is 14.0. The van der Waals surface area contributed by atoms with Gasteiger partial charge in [-0.05, 0) is 54.2 Å². The molecule has 29 heavy (non-hydrogen) atoms. The van der Waals surface area contributed by atoms with Crippen LogP contribution in [0.15, 0.2) is 42.5 Å². The van der Waals surface area contributed by atoms with Gasteiger partial charge in [0.05, 0.1) is 6.42 Å². The van der Waals surface area contributed by atoms with Crippen LogP contribution < -0.4 is 10.6 Å². The molecule has 2 aromatic rings. The van der Waals surface area contributed by atoms with Crippen LogP contribution in [0.4, 0.5) is 10.1 Å². The summed E-state index contributed by atoms with van der Waals surface area (Å²) in [6.45, 7) is 2.66. The number of carbonyl (C=O) groups is 2. The molecule has 4 rings (SSSR count). The molecule has 0 unspecified atom stereocenters. The number of nitrogens with zero attached hydrogens (tertiary/aromatic N) is 1. The Kier molecular flexibility index (Phi) is 5.90. The molecule has 0 aliphatic carbocycles. The lowest BCUT2D eigenvalue weighted by atomic mass is 9.99. The van der Waals surface area contributed by atoms with Gasteiger partial charge in [-0.2, -0.15) is 0 Å². The third kappa shape index (κ3) is 5.21. The van der Waals surface area contributed by atoms with Crippen LogP contribution in [0.25, 0.3) is 0 Å². The van der Waals surface area contributed by atoms with Gasteiger partial charge in [0.1, 0.15) is 5.82 Å². The van der Waals surface area contributed by atoms with E-state index < -0.39 is 0 Å². The van der Waals surface area contributed by atoms with Crippen molar-refractivity contribution in [2.75, 3.05) is 18.4 Å². The van der Waals surface area contributed by atoms with Crippen molar-refractivity contribution in [3.63, 3.8) is 0 Å². The van der Waals surface area contributed by atoms with Gasteiger partial charge in [-0.15, -0.1) is 0 Å². The highest BCUT2D eigenvalue weighted by molar-refractivity contribution is 5.93. The Morgan fingerprint density at radius 3 is 2.72 bits per heavy atom. The van der Waals surface area contributed by atoms with E-state index in [1.165, 1.54) is 23.3 Å². The van der Waals surface area contributed by atoms with E-state index >= 15 is 0 Å². The molecule has 1 fully saturated rings. The molecule has 5 nitrogen and oxygen atoms in total. The van der Waals surface area contributed by atoms with Gasteiger partial charge in [-0.3, -0.25) is 14.5 Å². The van der Waals surface area contributed by atoms with Crippen LogP contribution in [-0.4, -0.2) is 35.8 Å². The predicted octanol–water partition coefficient (Wildman–Crippen LogP) is 3.03. The van der Waals surface area contributed by atoms with Crippen LogP contribution in [0.5, 0.6) is 0 Å². The summed E-state index contributed by atoms with van der Waals surface area (Å²) in [7, 11) is 0. The van der Waals surface area contributed by atoms with Crippen LogP contribution >= 0.6 is 0 Å². The summed E-state index contributed by atoms with van der Waals surface area (Å²) in [6, 6.07) is 12.7. The lowest BCUT2D eigenvalue weighted by Gasteiger charge is -2.32. The third-order valence-electron chi connectivity index (χ3n) is 5.68. The molecule has 0 radical (unpaired) electrons. The monoisotopic (exact) mass is 395 g/mol. The summed E-state index contributed by atoms with van der Waals surface area (Å²) in [5.74, 6) is -0.283. The van der Waals surface area contributed by atoms with Crippen molar-refractivity contribution >= 4 is 17.5 Å². The van der Waals surface area contributed by atoms with E-state index in [-0.39, 0.29) is 30.1 Å². The van der Waals surface area contributed by atoms with Gasteiger partial charge >= 0.3 is 0 Å². The SMILES string of the molecule is O=C1CCc2ccc(CN3CCC(NC(=O)Cc4cccc(F)c4)CC3)cc2N1. The lowest BCUT2D eigenvalue weighted by molar-refractivity contribution is -0.121. The maximum Gasteiger partial charge on any atom is 0.224 e. The van der Waals surface area contributed by atoms with Crippen molar-refractivity contribution in [3.8, 4) is 0 Å². The summed E-state index contributed by atoms with van der Waals surface area (Å²) in [5, 5.41) is 6.04. The lowest BCUT2D eigenvalue weighted by Crippen LogP contribution is -2.44. The topological polar surface area (TPSA) is 61.4 Å². The van der Waals surface area contributed by atoms with Gasteiger partial charge in [-0.1, -0.05) is 24.3 Å². The van der Waals surface area contributed by atoms with E-state index in [1.807, 2.05) is 0 Å². The highest BCUT2D eigenvalue weighted by Gasteiger charge is 2.21. The van der Waals surface area contributed by atoms with Gasteiger partial charge in [0.25, 0.3) is 0 Å². The van der Waals surface area contributed by atoms with Crippen LogP contribution in [0, 0.1) is 5.82 Å². The first-order valence-electron chi connectivity index (χ1n) is 10.2. The van der Waals surface area contributed by atoms with Gasteiger partial charge < -0.3 is 10.6 Å². The molecule has 0 aromatic heterocycles. The number of nitrogens with one attached hydrogen (secondary N) is 2. The number of fused-ring (bicyclic) bond motifs is 1. The van der Waals surface area contributed by atoms with E-state index in [4.69, 9.17) is 0 Å². The predicted molar refractivity (Wildman–Crippen MR) is 110 cm³/mol. The van der Waals surface area contributed by atoms with Crippen molar-refractivity contribution in [1.82, 2.24) is 10.2 Å². The number of amides is 2. The molecule has 0 atom stereocenters. The Morgan fingerprint density at radius 2 is 1.93 bits per heavy atom. The molecule has 2 aromatic carbocycles. The number of rotatable bonds is 5. The number of hydrogen-bond donors (Lipinski definition) is 2. The molecule has 6 heteroatoms. The maximum absolute atomic E-state index is 13.3. The first-order valence-corrected chi connectivity index (χ1v) is 10.2. The number of likely N-dealkylation sites (tertiary alicyclic amines) is 1. The number of piperidine rings is 1. The molecule has 2 aliphatic heterocycles. The average Bonchev–Trinajstić information content (AvgIpc) is 2.69. The van der Waals surface area contributed by atoms with E-state index in [0.717, 1.165) is 44.6 Å². The Morgan fingerprint density at radius 1 is 1.10 bits per heavy atom. The summed E-state index contributed by atoms with van der Waals surface area (Å²) < 4.78 is 13.3. The zero-order valence-electron chi connectivity index (χ0n) is 16.4. The third-order valence-corrected chi connectivity index (χ3v) is 5.68. The molecular weight excluding hydrogens is 369 g/mol. The smallest absolute Gasteiger partial charge is 0.224 e. The molecule has 2 heterocycles. The number of halogens is 1. The normalized spacial score (nSPS) is 17.5. The highest BCUT2D eigenvalue weighted by Crippen LogP contribution is 2.25. The van der Waals surface area contributed by atoms with E-state index in [2.05, 4.69) is 33.7 Å². The first kappa shape index (κ1) is 19.6. The highest BCUT2D eigenvalue weighted by atomic mass is 19.1. The van der Waals surface area contributed by atoms with Crippen molar-refractivity contribution in [1.29, 1.82) is 0 Å². The van der Waals surface area contributed by atoms with Gasteiger partial charge in [0.2, 0.25) is 11.8 Å². The van der Waals surface area contributed by atoms with Crippen LogP contribution in [0.3, 0.4) is 0 Å². The second-order valence-corrected chi connectivity index (χ2v) is 7.96. The maximum atomic E-state index is 13.3. The standard InChI is InChI=1S/C23H26FN3O2/c24-19-3-1-2-16(12-19)14-23(29)25-20-8-10-27(11-9-20)15-17-4-5-18-6-7-22(28)26-21(18)13-17/h1-5,12-13,20H,6-11,14-15H2,(H,25,29)(H,26,28). The zero-order valence-corrected chi connectivity index (χ0v) is 16.4. The fraction of sp³-hybridized carbons (Fsp3) is 0.391. The number of aryl methyl sites for hydroxylation is 1. The van der Waals surface area contributed by atoms with Crippen molar-refractivity contribution in [2.24, 2.45) is 0 Å². The second kappa shape index (κ2) is 8.74. The van der Waals surface area contributed by atoms with E-state index in [0.29, 0.717) is 12.0 Å². The summed E-state index contributed by atoms with van der Waals surface area (Å²) in [4.78, 5) is 26.2. The van der Waals surface area contributed by atoms with Gasteiger partial charge in [0, 0.05) is 37.8 Å². The number of carbonyl (C=O) groups excluding carboxylic acids is 2. The van der Waals surface area contributed by atoms with Crippen LogP contribution in [0.1, 0.15) is 36.0 Å². The Bertz CT molecular complexity index is 907. The molecule has 1 saturated heterocycles. The molecule has 2 N–H and O–H groups in total. The Hall–Kier alpha value is -2.73. The van der Waals surface area contributed by atoms with Crippen molar-refractivity contribution < 1.29 is 14.0 Å². The fourth-order valence-corrected chi connectivity index (χ4v) is 4.12. The molecule has 152 valence electrons. The zero-order chi connectivity index (χ0) is 20.2. The molecule has 2 aliphatic rings. The Balaban J connectivity index is 1.25. The number of benzene rings is 2. The largest absolute Gasteiger partial charge is 0.353 e. The molecule has 0 spiro atoms. The van der Waals surface area contributed by atoms with Gasteiger partial charge in [0.15, 0.2) is 0 Å². The van der Waals surface area contributed by atoms with Crippen molar-refractivity contribution in [3.05, 3.63) is 65.0 Å². The number of anilines is 1. The summed E-state index contributed by atoms with van der Waals surface area (Å²) in [5.41, 5.74) is 4.03. The van der Waals surface area contributed by atoms with E-state index in [9.17, 15) is 14.0 Å². The molecule has 0 saturated carbocycles. The summed E-state index contributed by atoms with van der Waals surface area (Å²) in [6.07, 6.45) is 3.37. The second-order valence-electron chi connectivity index (χ2n) is 7.96. The number of hydrogen-bond acceptors (Lipinski definition) is 3. The van der Waals surface area contributed by atoms with Crippen LogP contribution in [-0.2, 0) is 29.0 Å². The quantitative estimate of drug-likeness (QED) is 0.818. The fourth-order valence-electron chi connectivity index (χ4n) is 4.12. The minimum absolute atomic E-state index is 0.0560. The molecule has 0 bridgehead atoms. The van der Waals surface area contributed by atoms with E-state index in [1.54, 1.807) is 12.1 Å². The summed E-state index contributed by atoms with van der Waals surface area (Å²) >= 11 is 0. The molecular formula is C23H26FN3O2. The minimum atomic E-state index is -0.314. The minimum Gasteiger partial charge on any atom is -0.353 e. The van der Waals surface area contributed by atoms with Crippen molar-refractivity contribution in [2.45, 2.75) is 44.7 Å². The molecule has 2 amide bonds. The van der Waals surface area contributed by atoms with Gasteiger partial charge in [-0.25, -0.2) is 4.39 Å².